The molecule has 0 atom stereocenters. The van der Waals surface area contributed by atoms with E-state index < -0.39 is 10.8 Å². The molecule has 1 saturated heterocycles. The molecule has 133 valence electrons. The summed E-state index contributed by atoms with van der Waals surface area (Å²) in [5.74, 6) is -0.122. The number of carbonyl (C=O) groups excluding carboxylic acids is 2. The molecule has 0 unspecified atom stereocenters. The SMILES string of the molecule is Cc1[c-]c(C)c(N2C(=O)C(C)(C)C3(CCCC3)C(C)(C)C2=O)cc1.[Y]. The van der Waals surface area contributed by atoms with Gasteiger partial charge in [-0.25, -0.2) is 0 Å². The van der Waals surface area contributed by atoms with Crippen molar-refractivity contribution >= 4 is 17.5 Å². The van der Waals surface area contributed by atoms with E-state index in [-0.39, 0.29) is 49.9 Å². The number of amides is 2. The third kappa shape index (κ3) is 2.68. The van der Waals surface area contributed by atoms with Gasteiger partial charge in [0.05, 0.1) is 10.8 Å². The van der Waals surface area contributed by atoms with E-state index in [4.69, 9.17) is 0 Å². The van der Waals surface area contributed by atoms with Gasteiger partial charge in [-0.1, -0.05) is 60.1 Å². The summed E-state index contributed by atoms with van der Waals surface area (Å²) in [6.07, 6.45) is 4.12. The first kappa shape index (κ1) is 20.8. The third-order valence-electron chi connectivity index (χ3n) is 6.83. The van der Waals surface area contributed by atoms with Gasteiger partial charge in [0.15, 0.2) is 0 Å². The van der Waals surface area contributed by atoms with Gasteiger partial charge in [-0.15, -0.1) is 11.6 Å². The van der Waals surface area contributed by atoms with Gasteiger partial charge < -0.3 is 4.90 Å². The zero-order valence-corrected chi connectivity index (χ0v) is 19.2. The number of imide groups is 1. The number of benzene rings is 1. The number of aryl methyl sites for hydroxylation is 2. The summed E-state index contributed by atoms with van der Waals surface area (Å²) in [6.45, 7) is 12.0. The van der Waals surface area contributed by atoms with Crippen molar-refractivity contribution in [3.63, 3.8) is 0 Å². The van der Waals surface area contributed by atoms with Crippen LogP contribution in [0.25, 0.3) is 0 Å². The van der Waals surface area contributed by atoms with Crippen molar-refractivity contribution in [2.75, 3.05) is 4.90 Å². The van der Waals surface area contributed by atoms with E-state index >= 15 is 0 Å². The van der Waals surface area contributed by atoms with Crippen molar-refractivity contribution < 1.29 is 42.3 Å². The fraction of sp³-hybridized carbons (Fsp3) is 0.619. The fourth-order valence-electron chi connectivity index (χ4n) is 5.26. The largest absolute Gasteiger partial charge is 0.305 e. The summed E-state index contributed by atoms with van der Waals surface area (Å²) in [6, 6.07) is 7.05. The third-order valence-corrected chi connectivity index (χ3v) is 6.83. The summed E-state index contributed by atoms with van der Waals surface area (Å²) in [5.41, 5.74) is 1.19. The number of piperidine rings is 1. The smallest absolute Gasteiger partial charge is 0.228 e. The maximum absolute atomic E-state index is 13.4. The van der Waals surface area contributed by atoms with Crippen LogP contribution in [0.3, 0.4) is 0 Å². The second-order valence-corrected chi connectivity index (χ2v) is 8.64. The van der Waals surface area contributed by atoms with Crippen molar-refractivity contribution in [3.05, 3.63) is 29.3 Å². The molecule has 2 fully saturated rings. The standard InChI is InChI=1S/C21H28NO2.Y/c1-14-9-10-16(15(2)13-14)22-17(23)19(3,4)21(11-7-8-12-21)20(5,6)18(22)24;/h9-10H,7-8,11-12H2,1-6H3;/q-1;. The number of anilines is 1. The second-order valence-electron chi connectivity index (χ2n) is 8.64. The van der Waals surface area contributed by atoms with Crippen LogP contribution in [0.2, 0.25) is 0 Å². The molecule has 3 rings (SSSR count). The summed E-state index contributed by atoms with van der Waals surface area (Å²) in [7, 11) is 0. The van der Waals surface area contributed by atoms with Crippen LogP contribution in [0.5, 0.6) is 0 Å². The van der Waals surface area contributed by atoms with Gasteiger partial charge in [0.2, 0.25) is 11.8 Å². The van der Waals surface area contributed by atoms with Crippen LogP contribution in [0.15, 0.2) is 12.1 Å². The van der Waals surface area contributed by atoms with Gasteiger partial charge in [-0.05, 0) is 18.3 Å². The van der Waals surface area contributed by atoms with E-state index in [1.54, 1.807) is 0 Å². The zero-order chi connectivity index (χ0) is 17.9. The monoisotopic (exact) mass is 415 g/mol. The van der Waals surface area contributed by atoms with Crippen molar-refractivity contribution in [2.45, 2.75) is 67.2 Å². The van der Waals surface area contributed by atoms with Crippen molar-refractivity contribution in [2.24, 2.45) is 16.2 Å². The Labute approximate surface area is 176 Å². The topological polar surface area (TPSA) is 37.4 Å². The predicted octanol–water partition coefficient (Wildman–Crippen LogP) is 4.59. The van der Waals surface area contributed by atoms with Crippen LogP contribution in [-0.4, -0.2) is 11.8 Å². The molecular formula is C21H28NO2Y-. The molecular weight excluding hydrogens is 387 g/mol. The molecule has 4 heteroatoms. The number of hydrogen-bond acceptors (Lipinski definition) is 2. The number of nitrogens with zero attached hydrogens (tertiary/aromatic N) is 1. The summed E-state index contributed by atoms with van der Waals surface area (Å²) in [4.78, 5) is 28.3. The molecule has 3 nitrogen and oxygen atoms in total. The first-order valence-corrected chi connectivity index (χ1v) is 8.95. The van der Waals surface area contributed by atoms with Crippen molar-refractivity contribution in [1.82, 2.24) is 0 Å². The predicted molar refractivity (Wildman–Crippen MR) is 95.7 cm³/mol. The normalized spacial score (nSPS) is 23.7. The Balaban J connectivity index is 0.00000225. The fourth-order valence-corrected chi connectivity index (χ4v) is 5.26. The maximum atomic E-state index is 13.4. The summed E-state index contributed by atoms with van der Waals surface area (Å²) in [5, 5.41) is 0. The molecule has 1 heterocycles. The Morgan fingerprint density at radius 1 is 0.920 bits per heavy atom. The van der Waals surface area contributed by atoms with Crippen LogP contribution in [0, 0.1) is 36.2 Å². The van der Waals surface area contributed by atoms with Gasteiger partial charge in [0.25, 0.3) is 0 Å². The van der Waals surface area contributed by atoms with E-state index in [9.17, 15) is 9.59 Å². The summed E-state index contributed by atoms with van der Waals surface area (Å²) < 4.78 is 0. The van der Waals surface area contributed by atoms with Gasteiger partial charge in [-0.3, -0.25) is 9.59 Å². The Bertz CT molecular complexity index is 685. The van der Waals surface area contributed by atoms with Gasteiger partial charge >= 0.3 is 0 Å². The van der Waals surface area contributed by atoms with Crippen LogP contribution in [0.4, 0.5) is 5.69 Å². The minimum Gasteiger partial charge on any atom is -0.305 e. The molecule has 1 aromatic rings. The van der Waals surface area contributed by atoms with Crippen LogP contribution >= 0.6 is 0 Å². The van der Waals surface area contributed by atoms with E-state index in [0.717, 1.165) is 36.8 Å². The van der Waals surface area contributed by atoms with E-state index in [0.29, 0.717) is 5.69 Å². The molecule has 1 aliphatic carbocycles. The Morgan fingerprint density at radius 3 is 1.84 bits per heavy atom. The van der Waals surface area contributed by atoms with E-state index in [1.165, 1.54) is 4.90 Å². The van der Waals surface area contributed by atoms with Crippen molar-refractivity contribution in [3.8, 4) is 0 Å². The van der Waals surface area contributed by atoms with Gasteiger partial charge in [0.1, 0.15) is 0 Å². The quantitative estimate of drug-likeness (QED) is 0.497. The molecule has 25 heavy (non-hydrogen) atoms. The Morgan fingerprint density at radius 2 is 1.40 bits per heavy atom. The molecule has 1 saturated carbocycles. The van der Waals surface area contributed by atoms with Crippen LogP contribution in [0.1, 0.15) is 64.5 Å². The number of rotatable bonds is 1. The molecule has 0 N–H and O–H groups in total. The minimum absolute atomic E-state index is 0. The average Bonchev–Trinajstić information content (AvgIpc) is 3.00. The number of hydrogen-bond donors (Lipinski definition) is 0. The molecule has 0 aromatic heterocycles. The molecule has 2 aliphatic rings. The van der Waals surface area contributed by atoms with E-state index in [1.807, 2.05) is 53.7 Å². The molecule has 1 radical (unpaired) electrons. The first-order valence-electron chi connectivity index (χ1n) is 8.95. The van der Waals surface area contributed by atoms with Crippen molar-refractivity contribution in [1.29, 1.82) is 0 Å². The van der Waals surface area contributed by atoms with Crippen LogP contribution in [-0.2, 0) is 42.3 Å². The molecule has 1 aromatic carbocycles. The molecule has 1 spiro atoms. The molecule has 0 bridgehead atoms. The average molecular weight is 415 g/mol. The summed E-state index contributed by atoms with van der Waals surface area (Å²) >= 11 is 0. The Hall–Kier alpha value is -0.536. The maximum Gasteiger partial charge on any atom is 0.228 e. The van der Waals surface area contributed by atoms with Gasteiger partial charge in [0, 0.05) is 32.7 Å². The van der Waals surface area contributed by atoms with Crippen LogP contribution < -0.4 is 4.90 Å². The Kier molecular flexibility index (Phi) is 5.46. The zero-order valence-electron chi connectivity index (χ0n) is 16.3. The molecule has 2 amide bonds. The molecule has 1 aliphatic heterocycles. The van der Waals surface area contributed by atoms with Gasteiger partial charge in [-0.2, -0.15) is 17.7 Å². The minimum atomic E-state index is -0.557. The second kappa shape index (κ2) is 6.57. The van der Waals surface area contributed by atoms with E-state index in [2.05, 4.69) is 6.07 Å². The first-order chi connectivity index (χ1) is 11.1. The number of carbonyl (C=O) groups is 2.